The molecule has 6 heteroatoms. The van der Waals surface area contributed by atoms with Gasteiger partial charge >= 0.3 is 5.97 Å². The highest BCUT2D eigenvalue weighted by Gasteiger charge is 2.51. The van der Waals surface area contributed by atoms with Crippen LogP contribution in [-0.2, 0) is 9.53 Å². The van der Waals surface area contributed by atoms with Gasteiger partial charge in [-0.15, -0.1) is 0 Å². The van der Waals surface area contributed by atoms with Crippen LogP contribution >= 0.6 is 0 Å². The molecule has 2 aliphatic rings. The monoisotopic (exact) mass is 278 g/mol. The van der Waals surface area contributed by atoms with Crippen molar-refractivity contribution < 1.29 is 19.4 Å². The lowest BCUT2D eigenvalue weighted by molar-refractivity contribution is -0.181. The molecule has 3 rings (SSSR count). The molecule has 1 spiro atoms. The fourth-order valence-electron chi connectivity index (χ4n) is 3.18. The number of aromatic amines is 1. The van der Waals surface area contributed by atoms with E-state index in [1.54, 1.807) is 18.3 Å². The van der Waals surface area contributed by atoms with Crippen molar-refractivity contribution in [2.45, 2.75) is 37.3 Å². The van der Waals surface area contributed by atoms with E-state index in [0.717, 1.165) is 6.42 Å². The molecule has 2 heterocycles. The van der Waals surface area contributed by atoms with Crippen LogP contribution < -0.4 is 5.32 Å². The minimum Gasteiger partial charge on any atom is -0.481 e. The largest absolute Gasteiger partial charge is 0.481 e. The van der Waals surface area contributed by atoms with E-state index in [1.807, 2.05) is 0 Å². The highest BCUT2D eigenvalue weighted by atomic mass is 16.5. The van der Waals surface area contributed by atoms with Crippen molar-refractivity contribution in [3.8, 4) is 0 Å². The molecule has 3 N–H and O–H groups in total. The molecule has 20 heavy (non-hydrogen) atoms. The number of rotatable bonds is 3. The number of H-pyrrole nitrogens is 1. The van der Waals surface area contributed by atoms with Crippen molar-refractivity contribution in [2.75, 3.05) is 6.61 Å². The maximum absolute atomic E-state index is 12.0. The van der Waals surface area contributed by atoms with Crippen molar-refractivity contribution in [1.29, 1.82) is 0 Å². The van der Waals surface area contributed by atoms with Gasteiger partial charge in [-0.3, -0.25) is 9.59 Å². The van der Waals surface area contributed by atoms with Crippen LogP contribution in [0, 0.1) is 5.92 Å². The van der Waals surface area contributed by atoms with Crippen LogP contribution in [-0.4, -0.2) is 40.2 Å². The third kappa shape index (κ3) is 2.43. The van der Waals surface area contributed by atoms with E-state index in [9.17, 15) is 9.59 Å². The van der Waals surface area contributed by atoms with Gasteiger partial charge in [0.05, 0.1) is 11.5 Å². The molecule has 0 radical (unpaired) electrons. The van der Waals surface area contributed by atoms with Crippen LogP contribution in [0.5, 0.6) is 0 Å². The molecule has 1 atom stereocenters. The van der Waals surface area contributed by atoms with E-state index in [-0.39, 0.29) is 23.5 Å². The second-order valence-electron chi connectivity index (χ2n) is 5.72. The van der Waals surface area contributed by atoms with Gasteiger partial charge < -0.3 is 20.1 Å². The zero-order chi connectivity index (χ0) is 14.2. The Bertz CT molecular complexity index is 505. The van der Waals surface area contributed by atoms with Crippen molar-refractivity contribution in [3.63, 3.8) is 0 Å². The third-order valence-corrected chi connectivity index (χ3v) is 4.26. The molecule has 1 saturated heterocycles. The van der Waals surface area contributed by atoms with E-state index in [2.05, 4.69) is 10.3 Å². The summed E-state index contributed by atoms with van der Waals surface area (Å²) in [4.78, 5) is 25.8. The second-order valence-corrected chi connectivity index (χ2v) is 5.72. The number of ether oxygens (including phenoxy) is 1. The second kappa shape index (κ2) is 4.94. The van der Waals surface area contributed by atoms with E-state index >= 15 is 0 Å². The van der Waals surface area contributed by atoms with E-state index in [1.165, 1.54) is 0 Å². The number of hydrogen-bond donors (Lipinski definition) is 3. The van der Waals surface area contributed by atoms with Gasteiger partial charge in [0, 0.05) is 18.8 Å². The van der Waals surface area contributed by atoms with E-state index in [0.29, 0.717) is 31.6 Å². The van der Waals surface area contributed by atoms with Crippen molar-refractivity contribution in [3.05, 3.63) is 24.0 Å². The maximum Gasteiger partial charge on any atom is 0.306 e. The molecule has 0 aromatic carbocycles. The Morgan fingerprint density at radius 2 is 2.20 bits per heavy atom. The predicted molar refractivity (Wildman–Crippen MR) is 70.3 cm³/mol. The maximum atomic E-state index is 12.0. The summed E-state index contributed by atoms with van der Waals surface area (Å²) in [6.45, 7) is 0.571. The molecule has 1 unspecified atom stereocenters. The minimum absolute atomic E-state index is 0.0503. The lowest BCUT2D eigenvalue weighted by atomic mass is 9.66. The van der Waals surface area contributed by atoms with Crippen LogP contribution in [0.25, 0.3) is 0 Å². The summed E-state index contributed by atoms with van der Waals surface area (Å²) in [6, 6.07) is 3.56. The molecule has 1 saturated carbocycles. The average molecular weight is 278 g/mol. The molecular weight excluding hydrogens is 260 g/mol. The van der Waals surface area contributed by atoms with Crippen LogP contribution in [0.15, 0.2) is 18.3 Å². The first-order valence-corrected chi connectivity index (χ1v) is 6.89. The average Bonchev–Trinajstić information content (AvgIpc) is 2.89. The van der Waals surface area contributed by atoms with Gasteiger partial charge in [-0.05, 0) is 37.8 Å². The first kappa shape index (κ1) is 13.2. The van der Waals surface area contributed by atoms with Gasteiger partial charge in [-0.25, -0.2) is 0 Å². The van der Waals surface area contributed by atoms with E-state index < -0.39 is 5.97 Å². The number of carbonyl (C=O) groups excluding carboxylic acids is 1. The summed E-state index contributed by atoms with van der Waals surface area (Å²) in [5.41, 5.74) is 0.206. The molecule has 0 bridgehead atoms. The van der Waals surface area contributed by atoms with Crippen molar-refractivity contribution in [1.82, 2.24) is 10.3 Å². The summed E-state index contributed by atoms with van der Waals surface area (Å²) in [5, 5.41) is 11.9. The van der Waals surface area contributed by atoms with Gasteiger partial charge in [0.25, 0.3) is 5.91 Å². The molecule has 1 aromatic heterocycles. The Labute approximate surface area is 116 Å². The van der Waals surface area contributed by atoms with Gasteiger partial charge in [0.2, 0.25) is 0 Å². The summed E-state index contributed by atoms with van der Waals surface area (Å²) >= 11 is 0. The van der Waals surface area contributed by atoms with Gasteiger partial charge in [0.1, 0.15) is 5.69 Å². The molecule has 1 aliphatic carbocycles. The third-order valence-electron chi connectivity index (χ3n) is 4.26. The van der Waals surface area contributed by atoms with Crippen LogP contribution in [0.1, 0.15) is 36.2 Å². The Kier molecular flexibility index (Phi) is 3.25. The van der Waals surface area contributed by atoms with Gasteiger partial charge in [0.15, 0.2) is 0 Å². The molecule has 108 valence electrons. The minimum atomic E-state index is -0.753. The highest BCUT2D eigenvalue weighted by Crippen LogP contribution is 2.46. The zero-order valence-corrected chi connectivity index (χ0v) is 11.1. The number of amides is 1. The smallest absolute Gasteiger partial charge is 0.306 e. The quantitative estimate of drug-likeness (QED) is 0.773. The topological polar surface area (TPSA) is 91.4 Å². The summed E-state index contributed by atoms with van der Waals surface area (Å²) < 4.78 is 5.76. The van der Waals surface area contributed by atoms with Crippen LogP contribution in [0.2, 0.25) is 0 Å². The Balaban J connectivity index is 1.57. The summed E-state index contributed by atoms with van der Waals surface area (Å²) in [7, 11) is 0. The zero-order valence-electron chi connectivity index (χ0n) is 11.1. The van der Waals surface area contributed by atoms with Crippen molar-refractivity contribution >= 4 is 11.9 Å². The molecular formula is C14H18N2O4. The first-order valence-electron chi connectivity index (χ1n) is 6.89. The normalized spacial score (nSPS) is 32.6. The number of carbonyl (C=O) groups is 2. The molecule has 1 aliphatic heterocycles. The highest BCUT2D eigenvalue weighted by molar-refractivity contribution is 5.92. The van der Waals surface area contributed by atoms with Crippen LogP contribution in [0.3, 0.4) is 0 Å². The number of carboxylic acids is 1. The lowest BCUT2D eigenvalue weighted by Crippen LogP contribution is -2.56. The number of hydrogen-bond acceptors (Lipinski definition) is 3. The first-order chi connectivity index (χ1) is 9.58. The summed E-state index contributed by atoms with van der Waals surface area (Å²) in [6.07, 6.45) is 4.29. The Morgan fingerprint density at radius 1 is 1.40 bits per heavy atom. The Hall–Kier alpha value is -1.82. The molecule has 6 nitrogen and oxygen atoms in total. The number of aromatic nitrogens is 1. The Morgan fingerprint density at radius 3 is 2.85 bits per heavy atom. The standard InChI is InChI=1S/C14H18N2O4/c17-12(11-2-1-4-15-11)16-10-3-5-20-14(8-10)6-9(7-14)13(18)19/h1-2,4,9-10,15H,3,5-8H2,(H,16,17)(H,18,19). The summed E-state index contributed by atoms with van der Waals surface area (Å²) in [5.74, 6) is -1.17. The van der Waals surface area contributed by atoms with Gasteiger partial charge in [-0.2, -0.15) is 0 Å². The van der Waals surface area contributed by atoms with E-state index in [4.69, 9.17) is 9.84 Å². The molecule has 1 aromatic rings. The number of aliphatic carboxylic acids is 1. The fraction of sp³-hybridized carbons (Fsp3) is 0.571. The number of carboxylic acid groups (broad SMARTS) is 1. The lowest BCUT2D eigenvalue weighted by Gasteiger charge is -2.50. The van der Waals surface area contributed by atoms with Crippen molar-refractivity contribution in [2.24, 2.45) is 5.92 Å². The predicted octanol–water partition coefficient (Wildman–Crippen LogP) is 1.16. The van der Waals surface area contributed by atoms with Crippen LogP contribution in [0.4, 0.5) is 0 Å². The molecule has 1 amide bonds. The fourth-order valence-corrected chi connectivity index (χ4v) is 3.18. The van der Waals surface area contributed by atoms with Gasteiger partial charge in [-0.1, -0.05) is 0 Å². The SMILES string of the molecule is O=C(NC1CCOC2(C1)CC(C(=O)O)C2)c1ccc[nH]1. The molecule has 2 fully saturated rings. The number of nitrogens with one attached hydrogen (secondary N) is 2.